The molecule has 0 atom stereocenters. The van der Waals surface area contributed by atoms with Crippen LogP contribution in [-0.2, 0) is 9.47 Å². The van der Waals surface area contributed by atoms with E-state index in [2.05, 4.69) is 15.9 Å². The van der Waals surface area contributed by atoms with Crippen LogP contribution in [0.1, 0.15) is 11.2 Å². The van der Waals surface area contributed by atoms with Crippen molar-refractivity contribution in [2.24, 2.45) is 0 Å². The van der Waals surface area contributed by atoms with Crippen LogP contribution in [0.2, 0.25) is 0 Å². The van der Waals surface area contributed by atoms with Crippen molar-refractivity contribution in [1.82, 2.24) is 0 Å². The van der Waals surface area contributed by atoms with Gasteiger partial charge in [-0.3, -0.25) is 0 Å². The number of hydrogen-bond donors (Lipinski definition) is 0. The van der Waals surface area contributed by atoms with Crippen molar-refractivity contribution in [1.29, 1.82) is 0 Å². The first-order valence-corrected chi connectivity index (χ1v) is 4.74. The van der Waals surface area contributed by atoms with Gasteiger partial charge < -0.3 is 9.47 Å². The van der Waals surface area contributed by atoms with Gasteiger partial charge in [-0.05, 0) is 27.4 Å². The maximum absolute atomic E-state index is 5.16. The van der Waals surface area contributed by atoms with Gasteiger partial charge in [-0.25, -0.2) is 0 Å². The summed E-state index contributed by atoms with van der Waals surface area (Å²) < 4.78 is 11.3. The zero-order chi connectivity index (χ0) is 7.68. The summed E-state index contributed by atoms with van der Waals surface area (Å²) in [5, 5.41) is 1.99. The molecular weight excluding hydrogens is 228 g/mol. The minimum absolute atomic E-state index is 0.246. The first-order chi connectivity index (χ1) is 5.38. The van der Waals surface area contributed by atoms with Crippen LogP contribution in [0.3, 0.4) is 0 Å². The molecule has 4 heteroatoms. The maximum Gasteiger partial charge on any atom is 0.276 e. The van der Waals surface area contributed by atoms with Crippen molar-refractivity contribution in [2.45, 2.75) is 6.29 Å². The smallest absolute Gasteiger partial charge is 0.276 e. The maximum atomic E-state index is 5.16. The second-order valence-electron chi connectivity index (χ2n) is 2.01. The van der Waals surface area contributed by atoms with Crippen LogP contribution < -0.4 is 0 Å². The zero-order valence-corrected chi connectivity index (χ0v) is 7.89. The minimum atomic E-state index is -0.246. The van der Waals surface area contributed by atoms with Crippen LogP contribution in [0.5, 0.6) is 0 Å². The van der Waals surface area contributed by atoms with E-state index in [0.717, 1.165) is 9.35 Å². The van der Waals surface area contributed by atoms with E-state index < -0.39 is 0 Å². The van der Waals surface area contributed by atoms with Gasteiger partial charge in [-0.1, -0.05) is 0 Å². The molecule has 0 N–H and O–H groups in total. The lowest BCUT2D eigenvalue weighted by Gasteiger charge is -2.07. The van der Waals surface area contributed by atoms with E-state index in [9.17, 15) is 0 Å². The lowest BCUT2D eigenvalue weighted by atomic mass is 10.4. The van der Waals surface area contributed by atoms with Crippen LogP contribution in [0.15, 0.2) is 28.4 Å². The minimum Gasteiger partial charge on any atom is -0.454 e. The fourth-order valence-corrected chi connectivity index (χ4v) is 2.36. The highest BCUT2D eigenvalue weighted by molar-refractivity contribution is 9.10. The molecule has 2 heterocycles. The average Bonchev–Trinajstić information content (AvgIpc) is 2.55. The fourth-order valence-electron chi connectivity index (χ4n) is 0.836. The lowest BCUT2D eigenvalue weighted by Crippen LogP contribution is -1.94. The molecule has 0 bridgehead atoms. The molecule has 2 rings (SSSR count). The third-order valence-corrected chi connectivity index (χ3v) is 3.21. The quantitative estimate of drug-likeness (QED) is 0.742. The Hall–Kier alpha value is -0.480. The SMILES string of the molecule is Brc1ccsc1C1OC=CO1. The van der Waals surface area contributed by atoms with Crippen molar-refractivity contribution in [2.75, 3.05) is 0 Å². The van der Waals surface area contributed by atoms with Gasteiger partial charge in [0.15, 0.2) is 0 Å². The molecule has 0 saturated carbocycles. The van der Waals surface area contributed by atoms with E-state index in [4.69, 9.17) is 9.47 Å². The molecule has 1 aliphatic rings. The molecule has 1 aromatic heterocycles. The molecule has 58 valence electrons. The summed E-state index contributed by atoms with van der Waals surface area (Å²) in [7, 11) is 0. The lowest BCUT2D eigenvalue weighted by molar-refractivity contribution is -0.0221. The molecule has 0 unspecified atom stereocenters. The number of rotatable bonds is 1. The van der Waals surface area contributed by atoms with Gasteiger partial charge in [-0.2, -0.15) is 0 Å². The van der Waals surface area contributed by atoms with Gasteiger partial charge in [0.25, 0.3) is 6.29 Å². The average molecular weight is 233 g/mol. The second kappa shape index (κ2) is 2.87. The van der Waals surface area contributed by atoms with Crippen molar-refractivity contribution in [3.63, 3.8) is 0 Å². The Labute approximate surface area is 76.6 Å². The number of halogens is 1. The third kappa shape index (κ3) is 1.28. The molecule has 0 radical (unpaired) electrons. The van der Waals surface area contributed by atoms with Crippen LogP contribution in [0.25, 0.3) is 0 Å². The molecule has 1 aliphatic heterocycles. The normalized spacial score (nSPS) is 16.5. The topological polar surface area (TPSA) is 18.5 Å². The summed E-state index contributed by atoms with van der Waals surface area (Å²) in [6, 6.07) is 1.98. The first-order valence-electron chi connectivity index (χ1n) is 3.07. The molecule has 1 aromatic rings. The predicted molar refractivity (Wildman–Crippen MR) is 46.1 cm³/mol. The Morgan fingerprint density at radius 1 is 1.36 bits per heavy atom. The van der Waals surface area contributed by atoms with Crippen molar-refractivity contribution in [3.8, 4) is 0 Å². The first kappa shape index (κ1) is 7.18. The van der Waals surface area contributed by atoms with E-state index in [0.29, 0.717) is 0 Å². The monoisotopic (exact) mass is 232 g/mol. The standard InChI is InChI=1S/C7H5BrO2S/c8-5-1-4-11-6(5)7-9-2-3-10-7/h1-4,7H. The van der Waals surface area contributed by atoms with Crippen LogP contribution in [0.4, 0.5) is 0 Å². The largest absolute Gasteiger partial charge is 0.454 e. The summed E-state index contributed by atoms with van der Waals surface area (Å²) in [4.78, 5) is 1.06. The highest BCUT2D eigenvalue weighted by Gasteiger charge is 2.19. The number of thiophene rings is 1. The van der Waals surface area contributed by atoms with Gasteiger partial charge in [0.2, 0.25) is 0 Å². The molecule has 0 amide bonds. The zero-order valence-electron chi connectivity index (χ0n) is 5.49. The summed E-state index contributed by atoms with van der Waals surface area (Å²) in [6.07, 6.45) is 2.86. The number of hydrogen-bond acceptors (Lipinski definition) is 3. The van der Waals surface area contributed by atoms with E-state index in [1.165, 1.54) is 0 Å². The molecule has 0 fully saturated rings. The molecule has 2 nitrogen and oxygen atoms in total. The molecule has 0 saturated heterocycles. The van der Waals surface area contributed by atoms with E-state index >= 15 is 0 Å². The van der Waals surface area contributed by atoms with Gasteiger partial charge in [-0.15, -0.1) is 11.3 Å². The predicted octanol–water partition coefficient (Wildman–Crippen LogP) is 3.03. The van der Waals surface area contributed by atoms with Gasteiger partial charge in [0.05, 0.1) is 4.88 Å². The van der Waals surface area contributed by atoms with Crippen LogP contribution in [-0.4, -0.2) is 0 Å². The highest BCUT2D eigenvalue weighted by Crippen LogP contribution is 2.34. The second-order valence-corrected chi connectivity index (χ2v) is 3.81. The van der Waals surface area contributed by atoms with Gasteiger partial charge in [0, 0.05) is 4.47 Å². The van der Waals surface area contributed by atoms with E-state index in [1.807, 2.05) is 11.4 Å². The van der Waals surface area contributed by atoms with Crippen LogP contribution >= 0.6 is 27.3 Å². The summed E-state index contributed by atoms with van der Waals surface area (Å²) in [6.45, 7) is 0. The molecule has 0 aromatic carbocycles. The van der Waals surface area contributed by atoms with Gasteiger partial charge >= 0.3 is 0 Å². The fraction of sp³-hybridized carbons (Fsp3) is 0.143. The Morgan fingerprint density at radius 2 is 2.09 bits per heavy atom. The van der Waals surface area contributed by atoms with E-state index in [-0.39, 0.29) is 6.29 Å². The van der Waals surface area contributed by atoms with E-state index in [1.54, 1.807) is 23.9 Å². The Bertz CT molecular complexity index is 274. The van der Waals surface area contributed by atoms with Crippen molar-refractivity contribution in [3.05, 3.63) is 33.3 Å². The Balaban J connectivity index is 2.22. The van der Waals surface area contributed by atoms with Crippen molar-refractivity contribution >= 4 is 27.3 Å². The van der Waals surface area contributed by atoms with Crippen molar-refractivity contribution < 1.29 is 9.47 Å². The Kier molecular flexibility index (Phi) is 1.87. The molecule has 0 aliphatic carbocycles. The molecule has 11 heavy (non-hydrogen) atoms. The summed E-state index contributed by atoms with van der Waals surface area (Å²) >= 11 is 5.01. The van der Waals surface area contributed by atoms with Crippen LogP contribution in [0, 0.1) is 0 Å². The highest BCUT2D eigenvalue weighted by atomic mass is 79.9. The summed E-state index contributed by atoms with van der Waals surface area (Å²) in [5.41, 5.74) is 0. The number of ether oxygens (including phenoxy) is 2. The van der Waals surface area contributed by atoms with Gasteiger partial charge in [0.1, 0.15) is 12.5 Å². The Morgan fingerprint density at radius 3 is 2.64 bits per heavy atom. The molecule has 0 spiro atoms. The summed E-state index contributed by atoms with van der Waals surface area (Å²) in [5.74, 6) is 0. The third-order valence-electron chi connectivity index (χ3n) is 1.32. The molecular formula is C7H5BrO2S.